The van der Waals surface area contributed by atoms with Crippen LogP contribution in [0.3, 0.4) is 0 Å². The van der Waals surface area contributed by atoms with Gasteiger partial charge in [0.2, 0.25) is 0 Å². The molecule has 4 heteroatoms. The van der Waals surface area contributed by atoms with Crippen molar-refractivity contribution in [3.63, 3.8) is 0 Å². The molecule has 0 aromatic heterocycles. The quantitative estimate of drug-likeness (QED) is 0.353. The number of halogens is 2. The predicted molar refractivity (Wildman–Crippen MR) is 71.0 cm³/mol. The van der Waals surface area contributed by atoms with Gasteiger partial charge in [-0.2, -0.15) is 26.0 Å². The summed E-state index contributed by atoms with van der Waals surface area (Å²) < 4.78 is 0. The maximum Gasteiger partial charge on any atom is 4.00 e. The van der Waals surface area contributed by atoms with E-state index in [0.717, 1.165) is 12.8 Å². The molecule has 0 saturated carbocycles. The van der Waals surface area contributed by atoms with Crippen LogP contribution >= 0.6 is 0 Å². The molecular formula is C14H20Cl2MgTi. The van der Waals surface area contributed by atoms with Crippen molar-refractivity contribution in [1.29, 1.82) is 0 Å². The van der Waals surface area contributed by atoms with E-state index in [1.807, 2.05) is 24.3 Å². The van der Waals surface area contributed by atoms with E-state index in [9.17, 15) is 0 Å². The van der Waals surface area contributed by atoms with Crippen molar-refractivity contribution in [1.82, 2.24) is 0 Å². The zero-order valence-corrected chi connectivity index (χ0v) is 15.7. The molecule has 0 nitrogen and oxygen atoms in total. The van der Waals surface area contributed by atoms with E-state index in [0.29, 0.717) is 0 Å². The third-order valence-electron chi connectivity index (χ3n) is 1.17. The van der Waals surface area contributed by atoms with Crippen molar-refractivity contribution >= 4 is 23.1 Å². The van der Waals surface area contributed by atoms with Gasteiger partial charge in [-0.25, -0.2) is 24.3 Å². The van der Waals surface area contributed by atoms with E-state index >= 15 is 0 Å². The van der Waals surface area contributed by atoms with Crippen LogP contribution in [-0.4, -0.2) is 23.1 Å². The van der Waals surface area contributed by atoms with Gasteiger partial charge in [-0.1, -0.05) is 0 Å². The number of rotatable bonds is 0. The fourth-order valence-corrected chi connectivity index (χ4v) is 0.680. The van der Waals surface area contributed by atoms with Crippen LogP contribution in [0.15, 0.2) is 36.5 Å². The summed E-state index contributed by atoms with van der Waals surface area (Å²) in [4.78, 5) is 0. The number of allylic oxidation sites excluding steroid dienone is 8. The van der Waals surface area contributed by atoms with Crippen LogP contribution in [0.25, 0.3) is 0 Å². The van der Waals surface area contributed by atoms with Crippen LogP contribution in [-0.2, 0) is 21.7 Å². The summed E-state index contributed by atoms with van der Waals surface area (Å²) in [5, 5.41) is 0. The van der Waals surface area contributed by atoms with Gasteiger partial charge in [0.05, 0.1) is 0 Å². The zero-order valence-electron chi connectivity index (χ0n) is 11.3. The van der Waals surface area contributed by atoms with E-state index in [-0.39, 0.29) is 69.6 Å². The Morgan fingerprint density at radius 3 is 1.11 bits per heavy atom. The smallest absolute Gasteiger partial charge is 1.00 e. The molecule has 0 atom stereocenters. The van der Waals surface area contributed by atoms with E-state index < -0.39 is 0 Å². The Labute approximate surface area is 157 Å². The zero-order chi connectivity index (χ0) is 11.1. The summed E-state index contributed by atoms with van der Waals surface area (Å²) in [7, 11) is 0. The molecule has 0 radical (unpaired) electrons. The Morgan fingerprint density at radius 1 is 0.778 bits per heavy atom. The van der Waals surface area contributed by atoms with Crippen LogP contribution in [0.4, 0.5) is 0 Å². The molecule has 2 aliphatic rings. The van der Waals surface area contributed by atoms with Gasteiger partial charge in [0, 0.05) is 0 Å². The van der Waals surface area contributed by atoms with Crippen LogP contribution in [0, 0.1) is 26.0 Å². The van der Waals surface area contributed by atoms with Crippen molar-refractivity contribution in [2.75, 3.05) is 0 Å². The second-order valence-corrected chi connectivity index (χ2v) is 2.01. The van der Waals surface area contributed by atoms with E-state index in [1.54, 1.807) is 13.8 Å². The molecule has 0 fully saturated rings. The van der Waals surface area contributed by atoms with Crippen molar-refractivity contribution < 1.29 is 46.5 Å². The maximum absolute atomic E-state index is 3.25. The van der Waals surface area contributed by atoms with Gasteiger partial charge in [-0.15, -0.1) is 12.8 Å². The van der Waals surface area contributed by atoms with Gasteiger partial charge in [0.1, 0.15) is 0 Å². The van der Waals surface area contributed by atoms with Crippen molar-refractivity contribution in [2.45, 2.75) is 26.7 Å². The fourth-order valence-electron chi connectivity index (χ4n) is 0.680. The number of hydrogen-bond donors (Lipinski definition) is 0. The maximum atomic E-state index is 3.25. The summed E-state index contributed by atoms with van der Waals surface area (Å²) in [5.41, 5.74) is 0. The molecule has 0 bridgehead atoms. The van der Waals surface area contributed by atoms with Gasteiger partial charge in [0.25, 0.3) is 0 Å². The van der Waals surface area contributed by atoms with E-state index in [4.69, 9.17) is 0 Å². The van der Waals surface area contributed by atoms with Crippen molar-refractivity contribution in [3.05, 3.63) is 62.5 Å². The van der Waals surface area contributed by atoms with Crippen LogP contribution in [0.1, 0.15) is 26.7 Å². The van der Waals surface area contributed by atoms with Crippen LogP contribution in [0.5, 0.6) is 0 Å². The Balaban J connectivity index is -0.0000000268. The van der Waals surface area contributed by atoms with E-state index in [1.165, 1.54) is 0 Å². The Kier molecular flexibility index (Phi) is 87.0. The normalized spacial score (nSPS) is 10.4. The first-order valence-corrected chi connectivity index (χ1v) is 4.85. The van der Waals surface area contributed by atoms with E-state index in [2.05, 4.69) is 38.2 Å². The first-order chi connectivity index (χ1) is 7.00. The summed E-state index contributed by atoms with van der Waals surface area (Å²) >= 11 is 0. The van der Waals surface area contributed by atoms with Crippen LogP contribution < -0.4 is 24.8 Å². The first-order valence-electron chi connectivity index (χ1n) is 4.85. The summed E-state index contributed by atoms with van der Waals surface area (Å²) in [6, 6.07) is 0. The molecule has 2 aliphatic carbocycles. The molecule has 0 saturated heterocycles. The molecule has 0 unspecified atom stereocenters. The second kappa shape index (κ2) is 43.0. The molecule has 0 aliphatic heterocycles. The molecule has 0 heterocycles. The largest absolute Gasteiger partial charge is 4.00 e. The Morgan fingerprint density at radius 2 is 1.06 bits per heavy atom. The van der Waals surface area contributed by atoms with Gasteiger partial charge in [-0.05, 0) is 0 Å². The SMILES string of the molecule is [C-]1=CC=CC1.[C-]1=CC=CC1.[CH2-]C.[CH2-]C.[Cl-].[Cl-].[Mg+2].[Ti+4]. The minimum absolute atomic E-state index is 0. The average Bonchev–Trinajstić information content (AvgIpc) is 3.01. The molecule has 18 heavy (non-hydrogen) atoms. The minimum Gasteiger partial charge on any atom is -1.00 e. The van der Waals surface area contributed by atoms with Crippen LogP contribution in [0.2, 0.25) is 0 Å². The Hall–Kier alpha value is 1.02. The third-order valence-corrected chi connectivity index (χ3v) is 1.17. The Bertz CT molecular complexity index is 158. The molecule has 0 amide bonds. The monoisotopic (exact) mass is 330 g/mol. The molecule has 0 aromatic rings. The molecule has 96 valence electrons. The van der Waals surface area contributed by atoms with Crippen molar-refractivity contribution in [3.8, 4) is 0 Å². The van der Waals surface area contributed by atoms with Crippen molar-refractivity contribution in [2.24, 2.45) is 0 Å². The molecule has 0 aromatic carbocycles. The predicted octanol–water partition coefficient (Wildman–Crippen LogP) is -2.08. The van der Waals surface area contributed by atoms with Gasteiger partial charge >= 0.3 is 44.8 Å². The third kappa shape index (κ3) is 36.0. The second-order valence-electron chi connectivity index (χ2n) is 2.01. The summed E-state index contributed by atoms with van der Waals surface area (Å²) in [6.07, 6.45) is 20.0. The number of hydrogen-bond acceptors (Lipinski definition) is 0. The molecular weight excluding hydrogens is 311 g/mol. The molecule has 0 spiro atoms. The summed E-state index contributed by atoms with van der Waals surface area (Å²) in [5.74, 6) is 0. The molecule has 2 rings (SSSR count). The van der Waals surface area contributed by atoms with Gasteiger partial charge < -0.3 is 38.7 Å². The van der Waals surface area contributed by atoms with Gasteiger partial charge in [0.15, 0.2) is 0 Å². The standard InChI is InChI=1S/2C5H5.2C2H5.2ClH.Mg.Ti/c2*1-2-4-5-3-1;2*1-2;;;;/h2*1-3H,4H2;2*1H2,2H3;2*1H;;/q4*-1;;;+2;+4/p-2. The summed E-state index contributed by atoms with van der Waals surface area (Å²) in [6.45, 7) is 10.0. The first kappa shape index (κ1) is 36.4. The minimum atomic E-state index is 0. The fraction of sp³-hybridized carbons (Fsp3) is 0.286. The topological polar surface area (TPSA) is 0 Å². The average molecular weight is 331 g/mol. The van der Waals surface area contributed by atoms with Gasteiger partial charge in [-0.3, -0.25) is 12.2 Å². The molecule has 0 N–H and O–H groups in total.